The molecule has 0 spiro atoms. The van der Waals surface area contributed by atoms with Crippen molar-refractivity contribution in [2.45, 2.75) is 0 Å². The summed E-state index contributed by atoms with van der Waals surface area (Å²) in [4.78, 5) is 31.5. The summed E-state index contributed by atoms with van der Waals surface area (Å²) < 4.78 is 9.32. The Morgan fingerprint density at radius 3 is 0.481 bits per heavy atom. The van der Waals surface area contributed by atoms with Crippen LogP contribution < -0.4 is 0 Å². The van der Waals surface area contributed by atoms with Gasteiger partial charge in [0.25, 0.3) is 0 Å². The molecule has 6 aromatic heterocycles. The predicted molar refractivity (Wildman–Crippen MR) is 434 cm³/mol. The highest BCUT2D eigenvalue weighted by molar-refractivity contribution is 6.12. The highest BCUT2D eigenvalue weighted by atomic mass is 15.1. The molecule has 10 nitrogen and oxygen atoms in total. The first-order valence-electron chi connectivity index (χ1n) is 35.7. The quantitative estimate of drug-likeness (QED) is 0.121. The third-order valence-corrected chi connectivity index (χ3v) is 20.9. The molecular weight excluding hydrogens is 1290 g/mol. The summed E-state index contributed by atoms with van der Waals surface area (Å²) in [7, 11) is 0. The van der Waals surface area contributed by atoms with Gasteiger partial charge in [-0.1, -0.05) is 212 Å². The smallest absolute Gasteiger partial charge is 0.164 e. The van der Waals surface area contributed by atoms with Crippen LogP contribution in [0.1, 0.15) is 0 Å². The molecule has 0 aliphatic carbocycles. The Bertz CT molecular complexity index is 6040. The lowest BCUT2D eigenvalue weighted by atomic mass is 9.97. The minimum atomic E-state index is 0.581. The minimum absolute atomic E-state index is 0.581. The summed E-state index contributed by atoms with van der Waals surface area (Å²) >= 11 is 0. The Kier molecular flexibility index (Phi) is 14.0. The molecule has 0 radical (unpaired) electrons. The molecule has 6 heterocycles. The van der Waals surface area contributed by atoms with E-state index in [9.17, 15) is 0 Å². The molecule has 494 valence electrons. The van der Waals surface area contributed by atoms with Crippen molar-refractivity contribution in [2.24, 2.45) is 0 Å². The molecule has 0 saturated carbocycles. The lowest BCUT2D eigenvalue weighted by Crippen LogP contribution is -2.01. The fraction of sp³-hybridized carbons (Fsp3) is 0. The van der Waals surface area contributed by atoms with Crippen molar-refractivity contribution in [1.82, 2.24) is 48.2 Å². The van der Waals surface area contributed by atoms with Crippen molar-refractivity contribution in [3.8, 4) is 113 Å². The van der Waals surface area contributed by atoms with Crippen LogP contribution in [0.25, 0.3) is 201 Å². The topological polar surface area (TPSA) is 97.1 Å². The third-order valence-electron chi connectivity index (χ3n) is 20.9. The molecule has 0 aliphatic rings. The van der Waals surface area contributed by atoms with E-state index in [-0.39, 0.29) is 0 Å². The number of hydrogen-bond acceptors (Lipinski definition) is 6. The lowest BCUT2D eigenvalue weighted by Gasteiger charge is -2.12. The molecule has 0 aliphatic heterocycles. The predicted octanol–water partition coefficient (Wildman–Crippen LogP) is 23.8. The van der Waals surface area contributed by atoms with E-state index in [2.05, 4.69) is 382 Å². The van der Waals surface area contributed by atoms with Crippen LogP contribution in [0.5, 0.6) is 0 Å². The Hall–Kier alpha value is -14.5. The van der Waals surface area contributed by atoms with E-state index < -0.39 is 0 Å². The van der Waals surface area contributed by atoms with Crippen LogP contribution in [0, 0.1) is 0 Å². The van der Waals surface area contributed by atoms with E-state index >= 15 is 0 Å². The number of fused-ring (bicyclic) bond motifs is 12. The van der Waals surface area contributed by atoms with Crippen LogP contribution in [-0.2, 0) is 0 Å². The zero-order valence-electron chi connectivity index (χ0n) is 57.1. The van der Waals surface area contributed by atoms with Crippen LogP contribution in [0.2, 0.25) is 0 Å². The van der Waals surface area contributed by atoms with Gasteiger partial charge in [-0.05, 0) is 174 Å². The van der Waals surface area contributed by atoms with Gasteiger partial charge in [0, 0.05) is 99.2 Å². The number of rotatable bonds is 12. The normalized spacial score (nSPS) is 11.8. The van der Waals surface area contributed by atoms with Crippen molar-refractivity contribution in [1.29, 1.82) is 0 Å². The first kappa shape index (κ1) is 60.3. The molecule has 0 amide bonds. The average molecular weight is 1350 g/mol. The van der Waals surface area contributed by atoms with E-state index in [1.807, 2.05) is 0 Å². The molecule has 106 heavy (non-hydrogen) atoms. The average Bonchev–Trinajstić information content (AvgIpc) is 1.72. The Morgan fingerprint density at radius 2 is 0.292 bits per heavy atom. The van der Waals surface area contributed by atoms with Crippen LogP contribution in [0.15, 0.2) is 364 Å². The maximum Gasteiger partial charge on any atom is 0.164 e. The molecule has 21 rings (SSSR count). The highest BCUT2D eigenvalue weighted by Gasteiger charge is 2.21. The molecule has 0 unspecified atom stereocenters. The van der Waals surface area contributed by atoms with E-state index in [4.69, 9.17) is 29.9 Å². The van der Waals surface area contributed by atoms with E-state index in [0.717, 1.165) is 123 Å². The first-order chi connectivity index (χ1) is 52.5. The first-order valence-corrected chi connectivity index (χ1v) is 35.7. The van der Waals surface area contributed by atoms with Crippen LogP contribution in [0.3, 0.4) is 0 Å². The van der Waals surface area contributed by atoms with Crippen molar-refractivity contribution in [3.63, 3.8) is 0 Å². The maximum absolute atomic E-state index is 5.25. The van der Waals surface area contributed by atoms with Gasteiger partial charge < -0.3 is 18.3 Å². The second kappa shape index (κ2) is 24.7. The third kappa shape index (κ3) is 10.1. The highest BCUT2D eigenvalue weighted by Crippen LogP contribution is 2.40. The molecular formula is C96H60N10. The van der Waals surface area contributed by atoms with E-state index in [1.165, 1.54) is 43.1 Å². The van der Waals surface area contributed by atoms with Gasteiger partial charge in [-0.25, -0.2) is 29.9 Å². The van der Waals surface area contributed by atoms with E-state index in [1.54, 1.807) is 0 Å². The van der Waals surface area contributed by atoms with Crippen molar-refractivity contribution in [2.75, 3.05) is 0 Å². The number of nitrogens with zero attached hydrogens (tertiary/aromatic N) is 10. The van der Waals surface area contributed by atoms with Gasteiger partial charge in [-0.3, -0.25) is 0 Å². The van der Waals surface area contributed by atoms with Gasteiger partial charge in [0.1, 0.15) is 0 Å². The van der Waals surface area contributed by atoms with Crippen LogP contribution in [-0.4, -0.2) is 48.2 Å². The van der Waals surface area contributed by atoms with Gasteiger partial charge in [0.05, 0.1) is 44.1 Å². The van der Waals surface area contributed by atoms with Crippen molar-refractivity contribution in [3.05, 3.63) is 364 Å². The molecule has 10 heteroatoms. The van der Waals surface area contributed by atoms with Crippen LogP contribution in [0.4, 0.5) is 0 Å². The fourth-order valence-electron chi connectivity index (χ4n) is 15.9. The number of hydrogen-bond donors (Lipinski definition) is 0. The maximum atomic E-state index is 5.25. The van der Waals surface area contributed by atoms with Crippen molar-refractivity contribution < 1.29 is 0 Å². The minimum Gasteiger partial charge on any atom is -0.309 e. The number of benzene rings is 15. The number of aromatic nitrogens is 10. The van der Waals surface area contributed by atoms with Crippen LogP contribution >= 0.6 is 0 Å². The lowest BCUT2D eigenvalue weighted by molar-refractivity contribution is 1.07. The Labute approximate surface area is 609 Å². The second-order valence-corrected chi connectivity index (χ2v) is 27.0. The Morgan fingerprint density at radius 1 is 0.132 bits per heavy atom. The fourth-order valence-corrected chi connectivity index (χ4v) is 15.9. The van der Waals surface area contributed by atoms with Gasteiger partial charge in [-0.2, -0.15) is 0 Å². The summed E-state index contributed by atoms with van der Waals surface area (Å²) in [6.45, 7) is 0. The largest absolute Gasteiger partial charge is 0.309 e. The summed E-state index contributed by atoms with van der Waals surface area (Å²) in [5.41, 5.74) is 23.0. The zero-order valence-corrected chi connectivity index (χ0v) is 57.1. The zero-order chi connectivity index (χ0) is 69.8. The molecule has 21 aromatic rings. The second-order valence-electron chi connectivity index (χ2n) is 27.0. The molecule has 0 bridgehead atoms. The van der Waals surface area contributed by atoms with Gasteiger partial charge in [0.2, 0.25) is 0 Å². The Balaban J connectivity index is 0.606. The standard InChI is InChI=1S/C96H60N10/c1-9-28-83-75(20-1)76-21-2-10-29-84(76)103(83)71-52-44-65(45-53-71)93-97-91(98-94(101-93)66-46-54-72(55-47-66)104-85-30-11-3-22-77(85)78-23-4-12-31-86(78)104)63-40-36-61(37-41-63)69-18-17-19-70(60-69)62-38-42-64(43-39-62)92-99-95(67-48-56-73(57-49-67)105-87-32-13-5-24-79(87)80-25-6-14-33-88(80)105)102-96(100-92)68-50-58-74(59-51-68)106-89-34-15-7-26-81(89)82-27-8-16-35-90(82)106/h1-60H. The SMILES string of the molecule is c1cc(-c2ccc(-c3nc(-c4ccc(-n5c6ccccc6c6ccccc65)cc4)nc(-c4ccc(-n5c6ccccc6c6ccccc65)cc4)n3)cc2)cc(-c2ccc(-c3nc(-c4ccc(-n5c6ccccc6c6ccccc65)cc4)nc(-c4ccc(-n5c6ccccc6c6ccccc65)cc4)n3)cc2)c1. The monoisotopic (exact) mass is 1350 g/mol. The molecule has 0 fully saturated rings. The summed E-state index contributed by atoms with van der Waals surface area (Å²) in [5.74, 6) is 3.51. The molecule has 0 N–H and O–H groups in total. The van der Waals surface area contributed by atoms with Crippen molar-refractivity contribution >= 4 is 87.2 Å². The molecule has 15 aromatic carbocycles. The van der Waals surface area contributed by atoms with Gasteiger partial charge in [-0.15, -0.1) is 0 Å². The van der Waals surface area contributed by atoms with Gasteiger partial charge in [0.15, 0.2) is 34.9 Å². The summed E-state index contributed by atoms with van der Waals surface area (Å²) in [6, 6.07) is 129. The van der Waals surface area contributed by atoms with E-state index in [0.29, 0.717) is 34.9 Å². The summed E-state index contributed by atoms with van der Waals surface area (Å²) in [6.07, 6.45) is 0. The summed E-state index contributed by atoms with van der Waals surface area (Å²) in [5, 5.41) is 9.74. The molecule has 0 saturated heterocycles. The van der Waals surface area contributed by atoms with Gasteiger partial charge >= 0.3 is 0 Å². The molecule has 0 atom stereocenters. The number of para-hydroxylation sites is 8.